The van der Waals surface area contributed by atoms with Crippen LogP contribution in [0.2, 0.25) is 0 Å². The van der Waals surface area contributed by atoms with Gasteiger partial charge in [-0.2, -0.15) is 18.3 Å². The molecule has 3 heterocycles. The minimum atomic E-state index is -4.24. The molecule has 1 unspecified atom stereocenters. The van der Waals surface area contributed by atoms with Crippen LogP contribution >= 0.6 is 0 Å². The predicted octanol–water partition coefficient (Wildman–Crippen LogP) is 3.39. The maximum absolute atomic E-state index is 12.9. The van der Waals surface area contributed by atoms with Gasteiger partial charge in [-0.15, -0.1) is 0 Å². The number of nitrogens with one attached hydrogen (secondary N) is 2. The number of imidazole rings is 1. The minimum Gasteiger partial charge on any atom is -0.332 e. The third-order valence-electron chi connectivity index (χ3n) is 4.70. The summed E-state index contributed by atoms with van der Waals surface area (Å²) in [5, 5.41) is 7.17. The van der Waals surface area contributed by atoms with Crippen molar-refractivity contribution in [2.75, 3.05) is 0 Å². The molecule has 3 aromatic heterocycles. The second-order valence-corrected chi connectivity index (χ2v) is 6.87. The van der Waals surface area contributed by atoms with Gasteiger partial charge < -0.3 is 4.98 Å². The molecular weight excluding hydrogens is 373 g/mol. The lowest BCUT2D eigenvalue weighted by atomic mass is 9.94. The van der Waals surface area contributed by atoms with Gasteiger partial charge in [-0.1, -0.05) is 25.2 Å². The Morgan fingerprint density at radius 2 is 2.18 bits per heavy atom. The van der Waals surface area contributed by atoms with Crippen molar-refractivity contribution in [2.45, 2.75) is 39.0 Å². The van der Waals surface area contributed by atoms with Crippen LogP contribution in [0.4, 0.5) is 13.2 Å². The smallest absolute Gasteiger partial charge is 0.332 e. The first-order valence-corrected chi connectivity index (χ1v) is 8.99. The first kappa shape index (κ1) is 18.3. The number of alkyl halides is 3. The molecule has 148 valence electrons. The van der Waals surface area contributed by atoms with E-state index in [1.807, 2.05) is 6.92 Å². The number of aryl methyl sites for hydroxylation is 1. The van der Waals surface area contributed by atoms with Crippen LogP contribution in [-0.4, -0.2) is 35.7 Å². The van der Waals surface area contributed by atoms with Crippen LogP contribution in [-0.2, 0) is 13.1 Å². The van der Waals surface area contributed by atoms with E-state index < -0.39 is 12.1 Å². The minimum absolute atomic E-state index is 0.0735. The number of rotatable bonds is 5. The monoisotopic (exact) mass is 392 g/mol. The predicted molar refractivity (Wildman–Crippen MR) is 97.6 cm³/mol. The lowest BCUT2D eigenvalue weighted by Gasteiger charge is -2.21. The SMILES string of the molecule is CCCn1[nH]c2nc(-c3cnn(CC4=CC=CC(C(F)(F)F)C4)c3)[nH]c2c1=O. The van der Waals surface area contributed by atoms with Gasteiger partial charge in [0.1, 0.15) is 5.82 Å². The molecule has 0 amide bonds. The number of aromatic nitrogens is 6. The fourth-order valence-electron chi connectivity index (χ4n) is 3.31. The first-order chi connectivity index (χ1) is 13.3. The summed E-state index contributed by atoms with van der Waals surface area (Å²) in [6.07, 6.45) is 4.08. The number of hydrogen-bond donors (Lipinski definition) is 2. The molecule has 0 aromatic carbocycles. The molecule has 0 radical (unpaired) electrons. The quantitative estimate of drug-likeness (QED) is 0.698. The van der Waals surface area contributed by atoms with Crippen molar-refractivity contribution in [3.05, 3.63) is 46.5 Å². The van der Waals surface area contributed by atoms with E-state index in [0.29, 0.717) is 34.7 Å². The summed E-state index contributed by atoms with van der Waals surface area (Å²) >= 11 is 0. The summed E-state index contributed by atoms with van der Waals surface area (Å²) in [4.78, 5) is 19.7. The third kappa shape index (κ3) is 3.41. The van der Waals surface area contributed by atoms with E-state index in [1.54, 1.807) is 23.2 Å². The second-order valence-electron chi connectivity index (χ2n) is 6.87. The number of nitrogens with zero attached hydrogens (tertiary/aromatic N) is 4. The van der Waals surface area contributed by atoms with Gasteiger partial charge in [0.15, 0.2) is 11.2 Å². The number of aromatic amines is 2. The van der Waals surface area contributed by atoms with E-state index in [-0.39, 0.29) is 18.5 Å². The van der Waals surface area contributed by atoms with Gasteiger partial charge in [-0.05, 0) is 18.4 Å². The molecule has 1 aliphatic rings. The van der Waals surface area contributed by atoms with E-state index >= 15 is 0 Å². The van der Waals surface area contributed by atoms with Crippen LogP contribution in [0.25, 0.3) is 22.6 Å². The Labute approximate surface area is 157 Å². The van der Waals surface area contributed by atoms with Crippen LogP contribution in [0, 0.1) is 5.92 Å². The van der Waals surface area contributed by atoms with Gasteiger partial charge >= 0.3 is 6.18 Å². The number of hydrogen-bond acceptors (Lipinski definition) is 3. The zero-order valence-corrected chi connectivity index (χ0v) is 15.1. The van der Waals surface area contributed by atoms with Gasteiger partial charge in [-0.3, -0.25) is 14.6 Å². The van der Waals surface area contributed by atoms with E-state index in [9.17, 15) is 18.0 Å². The van der Waals surface area contributed by atoms with Crippen LogP contribution in [0.5, 0.6) is 0 Å². The normalized spacial score (nSPS) is 17.4. The first-order valence-electron chi connectivity index (χ1n) is 8.99. The molecule has 7 nitrogen and oxygen atoms in total. The number of halogens is 3. The molecule has 0 spiro atoms. The summed E-state index contributed by atoms with van der Waals surface area (Å²) in [6, 6.07) is 0. The molecule has 3 aromatic rings. The van der Waals surface area contributed by atoms with Crippen molar-refractivity contribution in [1.29, 1.82) is 0 Å². The fraction of sp³-hybridized carbons (Fsp3) is 0.389. The zero-order valence-electron chi connectivity index (χ0n) is 15.1. The second kappa shape index (κ2) is 6.84. The molecule has 1 atom stereocenters. The van der Waals surface area contributed by atoms with Crippen molar-refractivity contribution < 1.29 is 13.2 Å². The third-order valence-corrected chi connectivity index (χ3v) is 4.70. The van der Waals surface area contributed by atoms with Crippen molar-refractivity contribution >= 4 is 11.2 Å². The fourth-order valence-corrected chi connectivity index (χ4v) is 3.31. The van der Waals surface area contributed by atoms with E-state index in [0.717, 1.165) is 6.42 Å². The van der Waals surface area contributed by atoms with Gasteiger partial charge in [0.05, 0.1) is 24.2 Å². The zero-order chi connectivity index (χ0) is 19.9. The lowest BCUT2D eigenvalue weighted by Crippen LogP contribution is -2.23. The molecule has 10 heteroatoms. The summed E-state index contributed by atoms with van der Waals surface area (Å²) in [6.45, 7) is 2.82. The maximum Gasteiger partial charge on any atom is 0.395 e. The summed E-state index contributed by atoms with van der Waals surface area (Å²) < 4.78 is 41.8. The Morgan fingerprint density at radius 3 is 2.89 bits per heavy atom. The molecular formula is C18H19F3N6O. The van der Waals surface area contributed by atoms with E-state index in [2.05, 4.69) is 20.2 Å². The standard InChI is InChI=1S/C18H19F3N6O/c1-2-6-27-17(28)14-16(25-27)24-15(23-14)12-8-22-26(10-12)9-11-4-3-5-13(7-11)18(19,20)21/h3-5,8,10,13,25H,2,6-7,9H2,1H3,(H,23,24). The van der Waals surface area contributed by atoms with Gasteiger partial charge in [0.2, 0.25) is 0 Å². The van der Waals surface area contributed by atoms with E-state index in [4.69, 9.17) is 0 Å². The van der Waals surface area contributed by atoms with Crippen molar-refractivity contribution in [3.8, 4) is 11.4 Å². The lowest BCUT2D eigenvalue weighted by molar-refractivity contribution is -0.161. The highest BCUT2D eigenvalue weighted by molar-refractivity contribution is 5.74. The van der Waals surface area contributed by atoms with Gasteiger partial charge in [0, 0.05) is 12.7 Å². The van der Waals surface area contributed by atoms with Crippen LogP contribution in [0.15, 0.2) is 41.0 Å². The molecule has 0 aliphatic heterocycles. The Morgan fingerprint density at radius 1 is 1.36 bits per heavy atom. The summed E-state index contributed by atoms with van der Waals surface area (Å²) in [5.74, 6) is -0.974. The molecule has 1 aliphatic carbocycles. The van der Waals surface area contributed by atoms with Gasteiger partial charge in [0.25, 0.3) is 5.56 Å². The number of fused-ring (bicyclic) bond motifs is 1. The highest BCUT2D eigenvalue weighted by atomic mass is 19.4. The molecule has 0 saturated heterocycles. The van der Waals surface area contributed by atoms with Crippen LogP contribution in [0.1, 0.15) is 19.8 Å². The molecule has 4 rings (SSSR count). The topological polar surface area (TPSA) is 84.3 Å². The Hall–Kier alpha value is -3.04. The Bertz CT molecular complexity index is 1110. The number of H-pyrrole nitrogens is 2. The summed E-state index contributed by atoms with van der Waals surface area (Å²) in [5.41, 5.74) is 2.00. The van der Waals surface area contributed by atoms with Crippen molar-refractivity contribution in [1.82, 2.24) is 29.5 Å². The van der Waals surface area contributed by atoms with Crippen LogP contribution < -0.4 is 5.56 Å². The average Bonchev–Trinajstić information content (AvgIpc) is 3.33. The number of allylic oxidation sites excluding steroid dienone is 4. The average molecular weight is 392 g/mol. The largest absolute Gasteiger partial charge is 0.395 e. The van der Waals surface area contributed by atoms with Gasteiger partial charge in [-0.25, -0.2) is 9.67 Å². The molecule has 2 N–H and O–H groups in total. The van der Waals surface area contributed by atoms with Crippen molar-refractivity contribution in [3.63, 3.8) is 0 Å². The Balaban J connectivity index is 1.52. The van der Waals surface area contributed by atoms with Crippen LogP contribution in [0.3, 0.4) is 0 Å². The van der Waals surface area contributed by atoms with Crippen molar-refractivity contribution in [2.24, 2.45) is 5.92 Å². The Kier molecular flexibility index (Phi) is 4.48. The molecule has 0 bridgehead atoms. The highest BCUT2D eigenvalue weighted by Crippen LogP contribution is 2.34. The highest BCUT2D eigenvalue weighted by Gasteiger charge is 2.38. The van der Waals surface area contributed by atoms with E-state index in [1.165, 1.54) is 16.8 Å². The maximum atomic E-state index is 12.9. The summed E-state index contributed by atoms with van der Waals surface area (Å²) in [7, 11) is 0. The molecule has 0 saturated carbocycles. The molecule has 28 heavy (non-hydrogen) atoms. The molecule has 0 fully saturated rings.